The second-order valence-corrected chi connectivity index (χ2v) is 8.65. The van der Waals surface area contributed by atoms with Crippen LogP contribution in [-0.2, 0) is 4.74 Å². The quantitative estimate of drug-likeness (QED) is 0.593. The number of likely N-dealkylation sites (tertiary alicyclic amines) is 1. The minimum atomic E-state index is -0.576. The van der Waals surface area contributed by atoms with Gasteiger partial charge in [0.25, 0.3) is 0 Å². The molecule has 0 N–H and O–H groups in total. The fraction of sp³-hybridized carbons (Fsp3) is 0.500. The molecule has 1 saturated heterocycles. The lowest BCUT2D eigenvalue weighted by Crippen LogP contribution is -2.34. The van der Waals surface area contributed by atoms with Crippen LogP contribution < -0.4 is 4.90 Å². The van der Waals surface area contributed by atoms with Gasteiger partial charge >= 0.3 is 6.09 Å². The lowest BCUT2D eigenvalue weighted by molar-refractivity contribution is 0.0598. The number of ether oxygens (including phenoxy) is 1. The van der Waals surface area contributed by atoms with Crippen molar-refractivity contribution >= 4 is 17.6 Å². The van der Waals surface area contributed by atoms with E-state index in [1.807, 2.05) is 63.4 Å². The Balaban J connectivity index is 1.84. The SMILES string of the molecule is CCCCN1CCC[C@@H]1c1ccc(N(C(=O)OC(C)(C)C)c2ccccc2)nc1. The zero-order valence-electron chi connectivity index (χ0n) is 18.1. The van der Waals surface area contributed by atoms with Gasteiger partial charge in [-0.05, 0) is 76.9 Å². The molecule has 1 aliphatic heterocycles. The van der Waals surface area contributed by atoms with Crippen LogP contribution in [-0.4, -0.2) is 34.7 Å². The average molecular weight is 396 g/mol. The van der Waals surface area contributed by atoms with E-state index in [2.05, 4.69) is 22.9 Å². The van der Waals surface area contributed by atoms with Crippen molar-refractivity contribution in [3.8, 4) is 0 Å². The molecule has 0 aliphatic carbocycles. The molecule has 3 rings (SSSR count). The molecule has 2 aromatic rings. The lowest BCUT2D eigenvalue weighted by atomic mass is 10.1. The smallest absolute Gasteiger partial charge is 0.420 e. The second kappa shape index (κ2) is 9.40. The number of carbonyl (C=O) groups is 1. The van der Waals surface area contributed by atoms with E-state index in [1.54, 1.807) is 4.90 Å². The zero-order valence-corrected chi connectivity index (χ0v) is 18.1. The number of hydrogen-bond acceptors (Lipinski definition) is 4. The van der Waals surface area contributed by atoms with Crippen molar-refractivity contribution in [3.63, 3.8) is 0 Å². The predicted molar refractivity (Wildman–Crippen MR) is 118 cm³/mol. The van der Waals surface area contributed by atoms with E-state index in [0.29, 0.717) is 11.9 Å². The van der Waals surface area contributed by atoms with Gasteiger partial charge in [-0.1, -0.05) is 37.6 Å². The Hall–Kier alpha value is -2.40. The summed E-state index contributed by atoms with van der Waals surface area (Å²) < 4.78 is 5.64. The van der Waals surface area contributed by atoms with Gasteiger partial charge < -0.3 is 4.74 Å². The largest absolute Gasteiger partial charge is 0.443 e. The molecule has 1 aromatic heterocycles. The van der Waals surface area contributed by atoms with E-state index in [0.717, 1.165) is 18.8 Å². The topological polar surface area (TPSA) is 45.7 Å². The molecule has 1 atom stereocenters. The molecule has 0 spiro atoms. The number of nitrogens with zero attached hydrogens (tertiary/aromatic N) is 3. The van der Waals surface area contributed by atoms with Crippen molar-refractivity contribution in [2.24, 2.45) is 0 Å². The van der Waals surface area contributed by atoms with E-state index in [-0.39, 0.29) is 0 Å². The first-order valence-corrected chi connectivity index (χ1v) is 10.7. The van der Waals surface area contributed by atoms with Crippen molar-refractivity contribution in [3.05, 3.63) is 54.2 Å². The average Bonchev–Trinajstić information content (AvgIpc) is 3.15. The molecule has 156 valence electrons. The molecule has 2 heterocycles. The van der Waals surface area contributed by atoms with Crippen LogP contribution in [0.25, 0.3) is 0 Å². The Bertz CT molecular complexity index is 784. The number of unbranched alkanes of at least 4 members (excludes halogenated alkanes) is 1. The number of amides is 1. The standard InChI is InChI=1S/C24H33N3O2/c1-5-6-16-26-17-10-13-21(26)19-14-15-22(25-18-19)27(20-11-8-7-9-12-20)23(28)29-24(2,3)4/h7-9,11-12,14-15,18,21H,5-6,10,13,16-17H2,1-4H3/t21-/m1/s1. The zero-order chi connectivity index (χ0) is 20.9. The maximum atomic E-state index is 12.9. The summed E-state index contributed by atoms with van der Waals surface area (Å²) in [4.78, 5) is 21.7. The molecule has 5 nitrogen and oxygen atoms in total. The van der Waals surface area contributed by atoms with Gasteiger partial charge in [-0.3, -0.25) is 4.90 Å². The summed E-state index contributed by atoms with van der Waals surface area (Å²) >= 11 is 0. The first kappa shape index (κ1) is 21.3. The van der Waals surface area contributed by atoms with Crippen LogP contribution in [0.1, 0.15) is 65.0 Å². The first-order chi connectivity index (χ1) is 13.9. The molecule has 0 saturated carbocycles. The molecule has 0 radical (unpaired) electrons. The normalized spacial score (nSPS) is 17.3. The van der Waals surface area contributed by atoms with Crippen molar-refractivity contribution < 1.29 is 9.53 Å². The van der Waals surface area contributed by atoms with Gasteiger partial charge in [0.05, 0.1) is 5.69 Å². The predicted octanol–water partition coefficient (Wildman–Crippen LogP) is 6.09. The van der Waals surface area contributed by atoms with Crippen molar-refractivity contribution in [2.75, 3.05) is 18.0 Å². The van der Waals surface area contributed by atoms with E-state index in [9.17, 15) is 4.79 Å². The van der Waals surface area contributed by atoms with Crippen molar-refractivity contribution in [1.82, 2.24) is 9.88 Å². The Morgan fingerprint density at radius 2 is 1.97 bits per heavy atom. The van der Waals surface area contributed by atoms with Crippen LogP contribution >= 0.6 is 0 Å². The molecule has 29 heavy (non-hydrogen) atoms. The highest BCUT2D eigenvalue weighted by Gasteiger charge is 2.28. The molecular formula is C24H33N3O2. The van der Waals surface area contributed by atoms with Gasteiger partial charge in [0, 0.05) is 12.2 Å². The molecule has 1 fully saturated rings. The summed E-state index contributed by atoms with van der Waals surface area (Å²) in [6.45, 7) is 10.1. The first-order valence-electron chi connectivity index (χ1n) is 10.7. The molecular weight excluding hydrogens is 362 g/mol. The summed E-state index contributed by atoms with van der Waals surface area (Å²) in [5, 5.41) is 0. The van der Waals surface area contributed by atoms with Crippen molar-refractivity contribution in [1.29, 1.82) is 0 Å². The van der Waals surface area contributed by atoms with E-state index in [4.69, 9.17) is 4.74 Å². The van der Waals surface area contributed by atoms with Gasteiger partial charge in [0.2, 0.25) is 0 Å². The van der Waals surface area contributed by atoms with E-state index < -0.39 is 11.7 Å². The molecule has 1 aromatic carbocycles. The van der Waals surface area contributed by atoms with Gasteiger partial charge in [-0.2, -0.15) is 0 Å². The highest BCUT2D eigenvalue weighted by molar-refractivity contribution is 5.95. The van der Waals surface area contributed by atoms with E-state index in [1.165, 1.54) is 31.2 Å². The van der Waals surface area contributed by atoms with Crippen LogP contribution in [0.5, 0.6) is 0 Å². The molecule has 1 aliphatic rings. The Morgan fingerprint density at radius 1 is 1.21 bits per heavy atom. The summed E-state index contributed by atoms with van der Waals surface area (Å²) in [6.07, 6.45) is 6.33. The number of carbonyl (C=O) groups excluding carboxylic acids is 1. The molecule has 5 heteroatoms. The minimum Gasteiger partial charge on any atom is -0.443 e. The second-order valence-electron chi connectivity index (χ2n) is 8.65. The highest BCUT2D eigenvalue weighted by Crippen LogP contribution is 2.33. The van der Waals surface area contributed by atoms with Crippen molar-refractivity contribution in [2.45, 2.75) is 65.0 Å². The van der Waals surface area contributed by atoms with Crippen LogP contribution in [0.2, 0.25) is 0 Å². The molecule has 0 bridgehead atoms. The number of anilines is 2. The van der Waals surface area contributed by atoms with Crippen LogP contribution in [0, 0.1) is 0 Å². The maximum absolute atomic E-state index is 12.9. The number of pyridine rings is 1. The molecule has 1 amide bonds. The number of aromatic nitrogens is 1. The van der Waals surface area contributed by atoms with Gasteiger partial charge in [-0.25, -0.2) is 14.7 Å². The fourth-order valence-corrected chi connectivity index (χ4v) is 3.78. The summed E-state index contributed by atoms with van der Waals surface area (Å²) in [6, 6.07) is 14.0. The number of rotatable bonds is 6. The van der Waals surface area contributed by atoms with Crippen LogP contribution in [0.3, 0.4) is 0 Å². The fourth-order valence-electron chi connectivity index (χ4n) is 3.78. The summed E-state index contributed by atoms with van der Waals surface area (Å²) in [7, 11) is 0. The van der Waals surface area contributed by atoms with Gasteiger partial charge in [0.1, 0.15) is 11.4 Å². The van der Waals surface area contributed by atoms with Gasteiger partial charge in [0.15, 0.2) is 0 Å². The Kier molecular flexibility index (Phi) is 6.91. The number of para-hydroxylation sites is 1. The number of hydrogen-bond donors (Lipinski definition) is 0. The third kappa shape index (κ3) is 5.57. The van der Waals surface area contributed by atoms with Gasteiger partial charge in [-0.15, -0.1) is 0 Å². The van der Waals surface area contributed by atoms with Crippen LogP contribution in [0.4, 0.5) is 16.3 Å². The monoisotopic (exact) mass is 395 g/mol. The highest BCUT2D eigenvalue weighted by atomic mass is 16.6. The number of benzene rings is 1. The van der Waals surface area contributed by atoms with E-state index >= 15 is 0 Å². The maximum Gasteiger partial charge on any atom is 0.420 e. The lowest BCUT2D eigenvalue weighted by Gasteiger charge is -2.28. The van der Waals surface area contributed by atoms with Crippen LogP contribution in [0.15, 0.2) is 48.7 Å². The minimum absolute atomic E-state index is 0.422. The summed E-state index contributed by atoms with van der Waals surface area (Å²) in [5.74, 6) is 0.576. The third-order valence-corrected chi connectivity index (χ3v) is 5.14. The summed E-state index contributed by atoms with van der Waals surface area (Å²) in [5.41, 5.74) is 1.39. The Morgan fingerprint density at radius 3 is 2.59 bits per heavy atom. The molecule has 0 unspecified atom stereocenters. The Labute approximate surface area is 174 Å². The third-order valence-electron chi connectivity index (χ3n) is 5.14.